The van der Waals surface area contributed by atoms with Crippen LogP contribution >= 0.6 is 0 Å². The monoisotopic (exact) mass is 339 g/mol. The van der Waals surface area contributed by atoms with Gasteiger partial charge in [-0.3, -0.25) is 14.2 Å². The van der Waals surface area contributed by atoms with E-state index in [-0.39, 0.29) is 12.4 Å². The number of anilines is 1. The highest BCUT2D eigenvalue weighted by atomic mass is 16.6. The molecule has 0 aromatic carbocycles. The van der Waals surface area contributed by atoms with Crippen molar-refractivity contribution in [3.8, 4) is 0 Å². The number of rotatable bonds is 5. The highest BCUT2D eigenvalue weighted by Crippen LogP contribution is 2.31. The second kappa shape index (κ2) is 7.43. The number of carbonyl (C=O) groups excluding carboxylic acids is 2. The standard InChI is InChI=1S/C15H21N3O6/c1-4-10-6-18(15(21)17-13(10)16)14-12(23-9(3)20)5-11(24-14)7-22-8(2)19/h6,11-12,14H,4-5,7H2,1-3H3,(H2,16,17,21)/t11-,12+,14+/m0/s1. The minimum atomic E-state index is -0.847. The number of nitrogens with two attached hydrogens (primary N) is 1. The van der Waals surface area contributed by atoms with Gasteiger partial charge < -0.3 is 19.9 Å². The van der Waals surface area contributed by atoms with Crippen molar-refractivity contribution in [2.75, 3.05) is 12.3 Å². The van der Waals surface area contributed by atoms with E-state index >= 15 is 0 Å². The first kappa shape index (κ1) is 17.9. The highest BCUT2D eigenvalue weighted by Gasteiger charge is 2.40. The maximum absolute atomic E-state index is 12.2. The number of nitrogens with zero attached hydrogens (tertiary/aromatic N) is 2. The van der Waals surface area contributed by atoms with Crippen LogP contribution in [0.4, 0.5) is 5.82 Å². The van der Waals surface area contributed by atoms with Crippen LogP contribution in [0.1, 0.15) is 39.0 Å². The summed E-state index contributed by atoms with van der Waals surface area (Å²) in [4.78, 5) is 38.2. The summed E-state index contributed by atoms with van der Waals surface area (Å²) < 4.78 is 17.2. The van der Waals surface area contributed by atoms with E-state index in [1.54, 1.807) is 6.20 Å². The fourth-order valence-corrected chi connectivity index (χ4v) is 2.57. The van der Waals surface area contributed by atoms with Crippen molar-refractivity contribution < 1.29 is 23.8 Å². The fourth-order valence-electron chi connectivity index (χ4n) is 2.57. The Labute approximate surface area is 138 Å². The van der Waals surface area contributed by atoms with Crippen LogP contribution in [-0.2, 0) is 30.2 Å². The molecular weight excluding hydrogens is 318 g/mol. The molecule has 1 aromatic heterocycles. The molecule has 132 valence electrons. The SMILES string of the molecule is CCc1cn([C@@H]2O[C@H](COC(C)=O)C[C@H]2OC(C)=O)c(=O)nc1N. The van der Waals surface area contributed by atoms with Crippen LogP contribution in [0.15, 0.2) is 11.0 Å². The lowest BCUT2D eigenvalue weighted by Gasteiger charge is -2.21. The lowest BCUT2D eigenvalue weighted by Crippen LogP contribution is -2.34. The quantitative estimate of drug-likeness (QED) is 0.753. The molecule has 0 radical (unpaired) electrons. The van der Waals surface area contributed by atoms with Gasteiger partial charge in [-0.15, -0.1) is 0 Å². The van der Waals surface area contributed by atoms with Crippen LogP contribution in [-0.4, -0.2) is 40.3 Å². The molecule has 0 saturated carbocycles. The minimum absolute atomic E-state index is 0.0153. The summed E-state index contributed by atoms with van der Waals surface area (Å²) in [5.41, 5.74) is 5.80. The smallest absolute Gasteiger partial charge is 0.351 e. The summed E-state index contributed by atoms with van der Waals surface area (Å²) in [6, 6.07) is 0. The Morgan fingerprint density at radius 3 is 2.71 bits per heavy atom. The van der Waals surface area contributed by atoms with Gasteiger partial charge in [0.2, 0.25) is 0 Å². The van der Waals surface area contributed by atoms with E-state index in [4.69, 9.17) is 19.9 Å². The summed E-state index contributed by atoms with van der Waals surface area (Å²) >= 11 is 0. The van der Waals surface area contributed by atoms with E-state index in [1.165, 1.54) is 18.4 Å². The number of hydrogen-bond donors (Lipinski definition) is 1. The molecule has 0 bridgehead atoms. The van der Waals surface area contributed by atoms with Gasteiger partial charge in [-0.25, -0.2) is 4.79 Å². The Bertz CT molecular complexity index is 686. The van der Waals surface area contributed by atoms with Crippen molar-refractivity contribution in [3.63, 3.8) is 0 Å². The summed E-state index contributed by atoms with van der Waals surface area (Å²) in [5.74, 6) is -0.767. The Morgan fingerprint density at radius 2 is 2.12 bits per heavy atom. The van der Waals surface area contributed by atoms with Crippen molar-refractivity contribution in [1.82, 2.24) is 9.55 Å². The van der Waals surface area contributed by atoms with Gasteiger partial charge in [0.1, 0.15) is 18.5 Å². The molecule has 1 aliphatic rings. The Balaban J connectivity index is 2.29. The van der Waals surface area contributed by atoms with E-state index in [9.17, 15) is 14.4 Å². The first-order chi connectivity index (χ1) is 11.3. The minimum Gasteiger partial charge on any atom is -0.463 e. The van der Waals surface area contributed by atoms with Gasteiger partial charge in [0.05, 0.1) is 6.10 Å². The van der Waals surface area contributed by atoms with Crippen LogP contribution in [0.5, 0.6) is 0 Å². The average Bonchev–Trinajstić information content (AvgIpc) is 2.87. The maximum atomic E-state index is 12.2. The number of aryl methyl sites for hydroxylation is 1. The predicted molar refractivity (Wildman–Crippen MR) is 83.0 cm³/mol. The number of aromatic nitrogens is 2. The van der Waals surface area contributed by atoms with E-state index < -0.39 is 36.1 Å². The average molecular weight is 339 g/mol. The topological polar surface area (TPSA) is 123 Å². The third-order valence-corrected chi connectivity index (χ3v) is 3.65. The molecule has 24 heavy (non-hydrogen) atoms. The first-order valence-corrected chi connectivity index (χ1v) is 7.65. The number of ether oxygens (including phenoxy) is 3. The van der Waals surface area contributed by atoms with Gasteiger partial charge in [0.25, 0.3) is 0 Å². The fraction of sp³-hybridized carbons (Fsp3) is 0.600. The Hall–Kier alpha value is -2.42. The van der Waals surface area contributed by atoms with E-state index in [0.717, 1.165) is 0 Å². The summed E-state index contributed by atoms with van der Waals surface area (Å²) in [6.07, 6.45) is 0.422. The van der Waals surface area contributed by atoms with Crippen molar-refractivity contribution in [2.45, 2.75) is 52.0 Å². The zero-order valence-electron chi connectivity index (χ0n) is 13.9. The van der Waals surface area contributed by atoms with Gasteiger partial charge in [0.15, 0.2) is 6.23 Å². The summed E-state index contributed by atoms with van der Waals surface area (Å²) in [6.45, 7) is 4.46. The molecule has 2 N–H and O–H groups in total. The summed E-state index contributed by atoms with van der Waals surface area (Å²) in [5, 5.41) is 0. The zero-order chi connectivity index (χ0) is 17.9. The van der Waals surface area contributed by atoms with Crippen molar-refractivity contribution in [1.29, 1.82) is 0 Å². The lowest BCUT2D eigenvalue weighted by atomic mass is 10.2. The zero-order valence-corrected chi connectivity index (χ0v) is 13.9. The molecule has 3 atom stereocenters. The molecule has 1 saturated heterocycles. The maximum Gasteiger partial charge on any atom is 0.351 e. The lowest BCUT2D eigenvalue weighted by molar-refractivity contribution is -0.153. The third kappa shape index (κ3) is 4.10. The van der Waals surface area contributed by atoms with Gasteiger partial charge >= 0.3 is 17.6 Å². The van der Waals surface area contributed by atoms with Gasteiger partial charge in [0, 0.05) is 32.0 Å². The molecule has 9 nitrogen and oxygen atoms in total. The normalized spacial score (nSPS) is 23.0. The molecule has 1 aromatic rings. The first-order valence-electron chi connectivity index (χ1n) is 7.65. The molecule has 1 fully saturated rings. The van der Waals surface area contributed by atoms with E-state index in [0.29, 0.717) is 18.4 Å². The van der Waals surface area contributed by atoms with Crippen molar-refractivity contribution in [3.05, 3.63) is 22.2 Å². The third-order valence-electron chi connectivity index (χ3n) is 3.65. The van der Waals surface area contributed by atoms with Crippen molar-refractivity contribution >= 4 is 17.8 Å². The second-order valence-electron chi connectivity index (χ2n) is 5.53. The highest BCUT2D eigenvalue weighted by molar-refractivity contribution is 5.66. The van der Waals surface area contributed by atoms with Crippen LogP contribution in [0.2, 0.25) is 0 Å². The number of carbonyl (C=O) groups is 2. The van der Waals surface area contributed by atoms with Crippen LogP contribution in [0.3, 0.4) is 0 Å². The molecule has 1 aliphatic heterocycles. The predicted octanol–water partition coefficient (Wildman–Crippen LogP) is 0.170. The van der Waals surface area contributed by atoms with Crippen molar-refractivity contribution in [2.24, 2.45) is 0 Å². The number of nitrogen functional groups attached to an aromatic ring is 1. The van der Waals surface area contributed by atoms with E-state index in [1.807, 2.05) is 6.92 Å². The largest absolute Gasteiger partial charge is 0.463 e. The molecule has 0 aliphatic carbocycles. The van der Waals surface area contributed by atoms with Gasteiger partial charge in [-0.2, -0.15) is 4.98 Å². The molecule has 2 rings (SSSR count). The van der Waals surface area contributed by atoms with Gasteiger partial charge in [-0.05, 0) is 6.42 Å². The number of hydrogen-bond acceptors (Lipinski definition) is 8. The van der Waals surface area contributed by atoms with Crippen LogP contribution in [0, 0.1) is 0 Å². The Morgan fingerprint density at radius 1 is 1.42 bits per heavy atom. The molecule has 0 unspecified atom stereocenters. The van der Waals surface area contributed by atoms with E-state index in [2.05, 4.69) is 4.98 Å². The molecular formula is C15H21N3O6. The Kier molecular flexibility index (Phi) is 5.55. The number of esters is 2. The molecule has 0 amide bonds. The molecule has 9 heteroatoms. The molecule has 2 heterocycles. The molecule has 0 spiro atoms. The second-order valence-corrected chi connectivity index (χ2v) is 5.53. The van der Waals surface area contributed by atoms with Crippen LogP contribution < -0.4 is 11.4 Å². The summed E-state index contributed by atoms with van der Waals surface area (Å²) in [7, 11) is 0. The van der Waals surface area contributed by atoms with Gasteiger partial charge in [-0.1, -0.05) is 6.92 Å². The van der Waals surface area contributed by atoms with Crippen LogP contribution in [0.25, 0.3) is 0 Å².